The van der Waals surface area contributed by atoms with Gasteiger partial charge in [0, 0.05) is 19.4 Å². The van der Waals surface area contributed by atoms with Crippen molar-refractivity contribution >= 4 is 6.09 Å². The molecule has 0 radical (unpaired) electrons. The van der Waals surface area contributed by atoms with Crippen LogP contribution in [0.15, 0.2) is 61.2 Å². The lowest BCUT2D eigenvalue weighted by atomic mass is 9.85. The van der Waals surface area contributed by atoms with Gasteiger partial charge in [-0.1, -0.05) is 30.3 Å². The second kappa shape index (κ2) is 7.63. The van der Waals surface area contributed by atoms with Crippen LogP contribution < -0.4 is 0 Å². The van der Waals surface area contributed by atoms with Gasteiger partial charge in [0.15, 0.2) is 0 Å². The third kappa shape index (κ3) is 3.70. The van der Waals surface area contributed by atoms with Gasteiger partial charge in [-0.15, -0.1) is 6.58 Å². The number of halogens is 1. The highest BCUT2D eigenvalue weighted by Gasteiger charge is 2.42. The first-order valence-corrected chi connectivity index (χ1v) is 8.86. The van der Waals surface area contributed by atoms with Gasteiger partial charge >= 0.3 is 6.09 Å². The first kappa shape index (κ1) is 18.7. The molecule has 0 spiro atoms. The zero-order valence-corrected chi connectivity index (χ0v) is 15.2. The van der Waals surface area contributed by atoms with Gasteiger partial charge in [0.1, 0.15) is 11.4 Å². The Morgan fingerprint density at radius 2 is 1.96 bits per heavy atom. The summed E-state index contributed by atoms with van der Waals surface area (Å²) in [6.07, 6.45) is 2.35. The van der Waals surface area contributed by atoms with E-state index in [-0.39, 0.29) is 11.9 Å². The second-order valence-corrected chi connectivity index (χ2v) is 6.72. The molecule has 1 aliphatic heterocycles. The number of nitrogens with zero attached hydrogens (tertiary/aromatic N) is 2. The van der Waals surface area contributed by atoms with Crippen LogP contribution in [0.2, 0.25) is 0 Å². The molecule has 0 bridgehead atoms. The lowest BCUT2D eigenvalue weighted by Crippen LogP contribution is -2.48. The summed E-state index contributed by atoms with van der Waals surface area (Å²) < 4.78 is 19.2. The number of cyclic esters (lactones) is 1. The van der Waals surface area contributed by atoms with Crippen molar-refractivity contribution in [3.05, 3.63) is 83.7 Å². The normalized spacial score (nSPS) is 20.5. The van der Waals surface area contributed by atoms with E-state index >= 15 is 0 Å². The molecule has 1 heterocycles. The monoisotopic (exact) mass is 364 g/mol. The number of ether oxygens (including phenoxy) is 1. The molecule has 1 fully saturated rings. The molecule has 1 amide bonds. The molecular weight excluding hydrogens is 343 g/mol. The van der Waals surface area contributed by atoms with Crippen molar-refractivity contribution in [2.45, 2.75) is 31.4 Å². The number of hydrogen-bond donors (Lipinski definition) is 0. The maximum Gasteiger partial charge on any atom is 0.411 e. The quantitative estimate of drug-likeness (QED) is 0.696. The number of carbonyl (C=O) groups excluding carboxylic acids is 1. The van der Waals surface area contributed by atoms with Gasteiger partial charge in [-0.3, -0.25) is 0 Å². The summed E-state index contributed by atoms with van der Waals surface area (Å²) in [5.74, 6) is -0.328. The maximum absolute atomic E-state index is 13.3. The van der Waals surface area contributed by atoms with E-state index in [1.54, 1.807) is 35.2 Å². The van der Waals surface area contributed by atoms with Crippen molar-refractivity contribution in [2.24, 2.45) is 0 Å². The average Bonchev–Trinajstić information content (AvgIpc) is 2.68. The minimum atomic E-state index is -0.826. The first-order valence-electron chi connectivity index (χ1n) is 8.86. The van der Waals surface area contributed by atoms with Crippen molar-refractivity contribution < 1.29 is 13.9 Å². The van der Waals surface area contributed by atoms with Gasteiger partial charge in [-0.25, -0.2) is 9.18 Å². The molecule has 2 unspecified atom stereocenters. The largest absolute Gasteiger partial charge is 0.437 e. The summed E-state index contributed by atoms with van der Waals surface area (Å²) in [7, 11) is 0. The molecule has 0 aliphatic carbocycles. The van der Waals surface area contributed by atoms with Crippen LogP contribution in [0.4, 0.5) is 9.18 Å². The van der Waals surface area contributed by atoms with Crippen LogP contribution in [-0.2, 0) is 10.3 Å². The highest BCUT2D eigenvalue weighted by atomic mass is 19.1. The zero-order valence-electron chi connectivity index (χ0n) is 15.2. The minimum absolute atomic E-state index is 0.180. The van der Waals surface area contributed by atoms with Crippen molar-refractivity contribution in [3.8, 4) is 6.07 Å². The van der Waals surface area contributed by atoms with E-state index in [2.05, 4.69) is 12.6 Å². The molecule has 1 saturated heterocycles. The first-order chi connectivity index (χ1) is 13.0. The van der Waals surface area contributed by atoms with E-state index in [1.807, 2.05) is 19.1 Å². The van der Waals surface area contributed by atoms with Crippen molar-refractivity contribution in [3.63, 3.8) is 0 Å². The average molecular weight is 364 g/mol. The van der Waals surface area contributed by atoms with Crippen LogP contribution in [0.1, 0.15) is 42.5 Å². The van der Waals surface area contributed by atoms with E-state index in [9.17, 15) is 9.18 Å². The molecule has 0 saturated carbocycles. The fourth-order valence-electron chi connectivity index (χ4n) is 3.49. The second-order valence-electron chi connectivity index (χ2n) is 6.72. The highest BCUT2D eigenvalue weighted by Crippen LogP contribution is 2.39. The molecular formula is C22H21FN2O2. The van der Waals surface area contributed by atoms with Gasteiger partial charge in [0.2, 0.25) is 0 Å². The van der Waals surface area contributed by atoms with E-state index in [4.69, 9.17) is 10.00 Å². The van der Waals surface area contributed by atoms with Crippen LogP contribution in [-0.4, -0.2) is 17.5 Å². The summed E-state index contributed by atoms with van der Waals surface area (Å²) in [4.78, 5) is 14.5. The number of hydrogen-bond acceptors (Lipinski definition) is 3. The summed E-state index contributed by atoms with van der Waals surface area (Å²) in [6.45, 7) is 6.22. The van der Waals surface area contributed by atoms with Crippen LogP contribution in [0.5, 0.6) is 0 Å². The third-order valence-electron chi connectivity index (χ3n) is 5.11. The van der Waals surface area contributed by atoms with Crippen LogP contribution in [0.25, 0.3) is 0 Å². The van der Waals surface area contributed by atoms with E-state index in [0.29, 0.717) is 24.9 Å². The minimum Gasteiger partial charge on any atom is -0.437 e. The fourth-order valence-corrected chi connectivity index (χ4v) is 3.49. The topological polar surface area (TPSA) is 53.3 Å². The standard InChI is InChI=1S/C22H21FN2O2/c1-3-12-22(19-8-10-20(23)11-9-19)13-14-25(21(26)27-22)16(2)18-6-4-17(15-24)5-7-18/h3-11,16H,1,12-14H2,2H3. The van der Waals surface area contributed by atoms with Crippen molar-refractivity contribution in [2.75, 3.05) is 6.54 Å². The lowest BCUT2D eigenvalue weighted by Gasteiger charge is -2.43. The van der Waals surface area contributed by atoms with E-state index < -0.39 is 11.7 Å². The van der Waals surface area contributed by atoms with Gasteiger partial charge in [0.05, 0.1) is 17.7 Å². The number of benzene rings is 2. The number of carbonyl (C=O) groups is 1. The Morgan fingerprint density at radius 3 is 2.52 bits per heavy atom. The van der Waals surface area contributed by atoms with Gasteiger partial charge in [-0.2, -0.15) is 5.26 Å². The van der Waals surface area contributed by atoms with Crippen LogP contribution in [0.3, 0.4) is 0 Å². The summed E-state index contributed by atoms with van der Waals surface area (Å²) in [5.41, 5.74) is 1.45. The predicted molar refractivity (Wildman–Crippen MR) is 100 cm³/mol. The zero-order chi connectivity index (χ0) is 19.4. The SMILES string of the molecule is C=CCC1(c2ccc(F)cc2)CCN(C(C)c2ccc(C#N)cc2)C(=O)O1. The molecule has 0 N–H and O–H groups in total. The number of rotatable bonds is 5. The molecule has 1 aliphatic rings. The number of amides is 1. The Labute approximate surface area is 158 Å². The molecule has 2 atom stereocenters. The third-order valence-corrected chi connectivity index (χ3v) is 5.11. The van der Waals surface area contributed by atoms with Gasteiger partial charge < -0.3 is 9.64 Å². The Morgan fingerprint density at radius 1 is 1.30 bits per heavy atom. The van der Waals surface area contributed by atoms with Crippen LogP contribution in [0, 0.1) is 17.1 Å². The van der Waals surface area contributed by atoms with Gasteiger partial charge in [-0.05, 0) is 42.3 Å². The van der Waals surface area contributed by atoms with Crippen molar-refractivity contribution in [1.82, 2.24) is 4.90 Å². The molecule has 27 heavy (non-hydrogen) atoms. The predicted octanol–water partition coefficient (Wildman–Crippen LogP) is 5.07. The highest BCUT2D eigenvalue weighted by molar-refractivity contribution is 5.70. The summed E-state index contributed by atoms with van der Waals surface area (Å²) in [5, 5.41) is 8.93. The molecule has 2 aromatic rings. The van der Waals surface area contributed by atoms with Crippen molar-refractivity contribution in [1.29, 1.82) is 5.26 Å². The Hall–Kier alpha value is -3.13. The Balaban J connectivity index is 1.82. The molecule has 5 heteroatoms. The summed E-state index contributed by atoms with van der Waals surface area (Å²) in [6, 6.07) is 15.1. The molecule has 2 aromatic carbocycles. The lowest BCUT2D eigenvalue weighted by molar-refractivity contribution is -0.0588. The molecule has 4 nitrogen and oxygen atoms in total. The molecule has 138 valence electrons. The molecule has 3 rings (SSSR count). The van der Waals surface area contributed by atoms with Gasteiger partial charge in [0.25, 0.3) is 0 Å². The number of nitriles is 1. The smallest absolute Gasteiger partial charge is 0.411 e. The molecule has 0 aromatic heterocycles. The Kier molecular flexibility index (Phi) is 5.27. The van der Waals surface area contributed by atoms with E-state index in [1.165, 1.54) is 12.1 Å². The van der Waals surface area contributed by atoms with E-state index in [0.717, 1.165) is 11.1 Å². The summed E-state index contributed by atoms with van der Waals surface area (Å²) >= 11 is 0. The fraction of sp³-hybridized carbons (Fsp3) is 0.273. The maximum atomic E-state index is 13.3. The Bertz CT molecular complexity index is 871. The van der Waals surface area contributed by atoms with Crippen LogP contribution >= 0.6 is 0 Å².